The average molecular weight is 174 g/mol. The van der Waals surface area contributed by atoms with E-state index in [-0.39, 0.29) is 0 Å². The van der Waals surface area contributed by atoms with Gasteiger partial charge in [0.1, 0.15) is 0 Å². The van der Waals surface area contributed by atoms with Crippen molar-refractivity contribution in [3.8, 4) is 0 Å². The van der Waals surface area contributed by atoms with Gasteiger partial charge in [-0.2, -0.15) is 0 Å². The quantitative estimate of drug-likeness (QED) is 0.517. The maximum atomic E-state index is 2.31. The Kier molecular flexibility index (Phi) is 16.4. The molecule has 12 heavy (non-hydrogen) atoms. The molecular weight excluding hydrogens is 144 g/mol. The Bertz CT molecular complexity index is 56.9. The third kappa shape index (κ3) is 12.7. The van der Waals surface area contributed by atoms with Gasteiger partial charge in [0.25, 0.3) is 0 Å². The zero-order valence-electron chi connectivity index (χ0n) is 10.8. The van der Waals surface area contributed by atoms with E-state index in [1.807, 2.05) is 27.7 Å². The van der Waals surface area contributed by atoms with Gasteiger partial charge in [-0.3, -0.25) is 0 Å². The van der Waals surface area contributed by atoms with Gasteiger partial charge in [0.05, 0.1) is 0 Å². The molecule has 78 valence electrons. The van der Waals surface area contributed by atoms with Crippen LogP contribution < -0.4 is 0 Å². The van der Waals surface area contributed by atoms with Crippen molar-refractivity contribution in [3.05, 3.63) is 0 Å². The Morgan fingerprint density at radius 1 is 0.917 bits per heavy atom. The molecule has 0 saturated heterocycles. The lowest BCUT2D eigenvalue weighted by molar-refractivity contribution is 0.254. The van der Waals surface area contributed by atoms with Gasteiger partial charge in [0, 0.05) is 0 Å². The van der Waals surface area contributed by atoms with Crippen LogP contribution in [-0.2, 0) is 0 Å². The first kappa shape index (κ1) is 17.9. The molecule has 0 nitrogen and oxygen atoms in total. The van der Waals surface area contributed by atoms with Crippen molar-refractivity contribution in [3.63, 3.8) is 0 Å². The fourth-order valence-corrected chi connectivity index (χ4v) is 0.612. The molecule has 0 spiro atoms. The van der Waals surface area contributed by atoms with Gasteiger partial charge in [-0.25, -0.2) is 0 Å². The summed E-state index contributed by atoms with van der Waals surface area (Å²) in [6.07, 6.45) is 1.30. The fourth-order valence-electron chi connectivity index (χ4n) is 0.612. The average Bonchev–Trinajstić information content (AvgIpc) is 2.08. The van der Waals surface area contributed by atoms with E-state index in [1.165, 1.54) is 6.42 Å². The van der Waals surface area contributed by atoms with E-state index in [1.54, 1.807) is 0 Å². The molecule has 1 atom stereocenters. The van der Waals surface area contributed by atoms with Gasteiger partial charge in [0.15, 0.2) is 0 Å². The highest BCUT2D eigenvalue weighted by molar-refractivity contribution is 4.67. The molecule has 0 aromatic rings. The normalized spacial score (nSPS) is 11.8. The van der Waals surface area contributed by atoms with Crippen LogP contribution in [-0.4, -0.2) is 0 Å². The van der Waals surface area contributed by atoms with E-state index >= 15 is 0 Å². The highest BCUT2D eigenvalue weighted by atomic mass is 14.2. The molecule has 0 aliphatic rings. The van der Waals surface area contributed by atoms with E-state index in [2.05, 4.69) is 34.6 Å². The maximum absolute atomic E-state index is 2.31. The van der Waals surface area contributed by atoms with E-state index in [9.17, 15) is 0 Å². The molecule has 0 amide bonds. The van der Waals surface area contributed by atoms with Crippen molar-refractivity contribution in [2.75, 3.05) is 0 Å². The van der Waals surface area contributed by atoms with Crippen LogP contribution in [0.3, 0.4) is 0 Å². The third-order valence-corrected chi connectivity index (χ3v) is 2.09. The standard InChI is InChI=1S/C8H18.2C2H6/c1-6-7(2)8(3,4)5;2*1-2/h7H,6H2,1-5H3;2*1-2H3/t7-;;/m1../s1. The highest BCUT2D eigenvalue weighted by Crippen LogP contribution is 2.27. The molecule has 0 aromatic carbocycles. The predicted octanol–water partition coefficient (Wildman–Crippen LogP) is 5.13. The van der Waals surface area contributed by atoms with Gasteiger partial charge in [-0.15, -0.1) is 0 Å². The van der Waals surface area contributed by atoms with E-state index < -0.39 is 0 Å². The topological polar surface area (TPSA) is 0 Å². The lowest BCUT2D eigenvalue weighted by Gasteiger charge is -2.25. The van der Waals surface area contributed by atoms with Crippen molar-refractivity contribution in [2.24, 2.45) is 11.3 Å². The lowest BCUT2D eigenvalue weighted by atomic mass is 9.81. The Balaban J connectivity index is -0.000000175. The lowest BCUT2D eigenvalue weighted by Crippen LogP contribution is -2.15. The minimum Gasteiger partial charge on any atom is -0.0683 e. The third-order valence-electron chi connectivity index (χ3n) is 2.09. The van der Waals surface area contributed by atoms with Crippen molar-refractivity contribution < 1.29 is 0 Å². The van der Waals surface area contributed by atoms with Crippen LogP contribution in [0.15, 0.2) is 0 Å². The second-order valence-corrected chi connectivity index (χ2v) is 3.68. The first-order valence-corrected chi connectivity index (χ1v) is 5.48. The van der Waals surface area contributed by atoms with E-state index in [0.717, 1.165) is 5.92 Å². The molecule has 0 N–H and O–H groups in total. The molecule has 0 aliphatic heterocycles. The minimum absolute atomic E-state index is 0.509. The van der Waals surface area contributed by atoms with Crippen molar-refractivity contribution >= 4 is 0 Å². The monoisotopic (exact) mass is 174 g/mol. The summed E-state index contributed by atoms with van der Waals surface area (Å²) in [5.74, 6) is 0.850. The summed E-state index contributed by atoms with van der Waals surface area (Å²) in [5, 5.41) is 0. The van der Waals surface area contributed by atoms with Crippen LogP contribution in [0.2, 0.25) is 0 Å². The summed E-state index contributed by atoms with van der Waals surface area (Å²) in [4.78, 5) is 0. The largest absolute Gasteiger partial charge is 0.0683 e. The minimum atomic E-state index is 0.509. The fraction of sp³-hybridized carbons (Fsp3) is 1.00. The van der Waals surface area contributed by atoms with E-state index in [4.69, 9.17) is 0 Å². The van der Waals surface area contributed by atoms with Crippen LogP contribution in [0.4, 0.5) is 0 Å². The van der Waals surface area contributed by atoms with Crippen LogP contribution >= 0.6 is 0 Å². The maximum Gasteiger partial charge on any atom is -0.0357 e. The van der Waals surface area contributed by atoms with Crippen LogP contribution in [0, 0.1) is 11.3 Å². The summed E-state index contributed by atoms with van der Waals surface area (Å²) in [7, 11) is 0. The Morgan fingerprint density at radius 2 is 1.17 bits per heavy atom. The molecule has 0 fully saturated rings. The summed E-state index contributed by atoms with van der Waals surface area (Å²) in [6.45, 7) is 19.4. The second-order valence-electron chi connectivity index (χ2n) is 3.68. The molecule has 0 aliphatic carbocycles. The summed E-state index contributed by atoms with van der Waals surface area (Å²) in [6, 6.07) is 0. The van der Waals surface area contributed by atoms with Crippen molar-refractivity contribution in [1.82, 2.24) is 0 Å². The SMILES string of the molecule is CC.CC.CC[C@@H](C)C(C)(C)C. The van der Waals surface area contributed by atoms with Crippen LogP contribution in [0.5, 0.6) is 0 Å². The molecule has 0 bridgehead atoms. The molecule has 0 saturated carbocycles. The van der Waals surface area contributed by atoms with Crippen LogP contribution in [0.1, 0.15) is 68.7 Å². The predicted molar refractivity (Wildman–Crippen MR) is 61.6 cm³/mol. The number of hydrogen-bond donors (Lipinski definition) is 0. The van der Waals surface area contributed by atoms with Crippen LogP contribution in [0.25, 0.3) is 0 Å². The van der Waals surface area contributed by atoms with E-state index in [0.29, 0.717) is 5.41 Å². The van der Waals surface area contributed by atoms with Gasteiger partial charge < -0.3 is 0 Å². The molecule has 0 heterocycles. The molecule has 0 radical (unpaired) electrons. The molecule has 0 aromatic heterocycles. The van der Waals surface area contributed by atoms with Gasteiger partial charge in [0.2, 0.25) is 0 Å². The summed E-state index contributed by atoms with van der Waals surface area (Å²) >= 11 is 0. The molecule has 0 unspecified atom stereocenters. The molecule has 0 rings (SSSR count). The van der Waals surface area contributed by atoms with Crippen molar-refractivity contribution in [2.45, 2.75) is 68.7 Å². The Morgan fingerprint density at radius 3 is 1.17 bits per heavy atom. The summed E-state index contributed by atoms with van der Waals surface area (Å²) < 4.78 is 0. The Labute approximate surface area is 80.8 Å². The first-order valence-electron chi connectivity index (χ1n) is 5.48. The zero-order valence-corrected chi connectivity index (χ0v) is 10.8. The first-order chi connectivity index (χ1) is 5.48. The second kappa shape index (κ2) is 11.0. The molecule has 0 heteroatoms. The van der Waals surface area contributed by atoms with Gasteiger partial charge in [-0.1, -0.05) is 68.7 Å². The van der Waals surface area contributed by atoms with Gasteiger partial charge >= 0.3 is 0 Å². The number of rotatable bonds is 1. The Hall–Kier alpha value is 0. The highest BCUT2D eigenvalue weighted by Gasteiger charge is 2.16. The summed E-state index contributed by atoms with van der Waals surface area (Å²) in [5.41, 5.74) is 0.509. The van der Waals surface area contributed by atoms with Crippen molar-refractivity contribution in [1.29, 1.82) is 0 Å². The zero-order chi connectivity index (χ0) is 10.8. The molecular formula is C12H30. The number of hydrogen-bond acceptors (Lipinski definition) is 0. The smallest absolute Gasteiger partial charge is 0.0357 e. The van der Waals surface area contributed by atoms with Gasteiger partial charge in [-0.05, 0) is 11.3 Å².